The molecule has 3 rings (SSSR count). The van der Waals surface area contributed by atoms with E-state index in [1.165, 1.54) is 28.6 Å². The molecular weight excluding hydrogens is 572 g/mol. The molecule has 7 nitrogen and oxygen atoms in total. The molecular formula is C14H17CmFN3O4S-. The van der Waals surface area contributed by atoms with Crippen LogP contribution in [-0.4, -0.2) is 49.5 Å². The van der Waals surface area contributed by atoms with Crippen LogP contribution < -0.4 is 0 Å². The van der Waals surface area contributed by atoms with Gasteiger partial charge in [-0.25, -0.2) is 12.8 Å². The van der Waals surface area contributed by atoms with Gasteiger partial charge in [0.15, 0.2) is 4.90 Å². The number of hydrogen-bond acceptors (Lipinski definition) is 4. The molecule has 24 heavy (non-hydrogen) atoms. The number of benzene rings is 1. The Morgan fingerprint density at radius 3 is 2.50 bits per heavy atom. The number of nitro benzene ring substituents is 1. The maximum absolute atomic E-state index is 13.8. The smallest absolute Gasteiger partial charge is 0.289 e. The summed E-state index contributed by atoms with van der Waals surface area (Å²) in [4.78, 5) is 10.1. The van der Waals surface area contributed by atoms with Gasteiger partial charge in [0.05, 0.1) is 11.1 Å². The van der Waals surface area contributed by atoms with E-state index in [1.54, 1.807) is 0 Å². The molecule has 0 unspecified atom stereocenters. The van der Waals surface area contributed by atoms with Crippen molar-refractivity contribution in [3.8, 4) is 0 Å². The molecule has 1 heterocycles. The molecule has 0 spiro atoms. The number of nitrogens with zero attached hydrogens (tertiary/aromatic N) is 3. The fraction of sp³-hybridized carbons (Fsp3) is 0.571. The molecule has 10 heteroatoms. The summed E-state index contributed by atoms with van der Waals surface area (Å²) in [5.74, 6) is -0.479. The van der Waals surface area contributed by atoms with Gasteiger partial charge in [-0.3, -0.25) is 10.1 Å². The molecule has 1 aliphatic heterocycles. The van der Waals surface area contributed by atoms with Crippen LogP contribution >= 0.6 is 0 Å². The molecule has 2 aliphatic rings. The second-order valence-electron chi connectivity index (χ2n) is 5.90. The Kier molecular flexibility index (Phi) is 4.81. The van der Waals surface area contributed by atoms with Crippen molar-refractivity contribution in [2.24, 2.45) is 5.92 Å². The zero-order valence-corrected chi connectivity index (χ0v) is 16.5. The maximum Gasteiger partial charge on any atom is 0.289 e. The van der Waals surface area contributed by atoms with E-state index in [2.05, 4.69) is 5.32 Å². The number of alkyl halides is 1. The van der Waals surface area contributed by atoms with E-state index in [0.717, 1.165) is 0 Å². The zero-order valence-electron chi connectivity index (χ0n) is 12.7. The first-order chi connectivity index (χ1) is 10.9. The van der Waals surface area contributed by atoms with Crippen molar-refractivity contribution in [3.63, 3.8) is 0 Å². The third-order valence-electron chi connectivity index (χ3n) is 4.20. The van der Waals surface area contributed by atoms with Crippen molar-refractivity contribution >= 4 is 15.7 Å². The summed E-state index contributed by atoms with van der Waals surface area (Å²) >= 11 is 0. The Bertz CT molecular complexity index is 714. The van der Waals surface area contributed by atoms with E-state index in [4.69, 9.17) is 0 Å². The minimum atomic E-state index is -4.04. The van der Waals surface area contributed by atoms with Gasteiger partial charge in [-0.2, -0.15) is 4.31 Å². The molecule has 0 N–H and O–H groups in total. The van der Waals surface area contributed by atoms with Gasteiger partial charge in [-0.15, -0.1) is 13.1 Å². The largest absolute Gasteiger partial charge is 0.660 e. The van der Waals surface area contributed by atoms with Gasteiger partial charge < -0.3 is 5.32 Å². The molecule has 0 radical (unpaired) electrons. The topological polar surface area (TPSA) is 94.6 Å². The van der Waals surface area contributed by atoms with Crippen molar-refractivity contribution in [2.45, 2.75) is 30.0 Å². The number of rotatable bonds is 6. The molecule has 0 amide bonds. The minimum Gasteiger partial charge on any atom is -0.660 e. The van der Waals surface area contributed by atoms with E-state index in [0.29, 0.717) is 12.8 Å². The minimum absolute atomic E-state index is 0. The Morgan fingerprint density at radius 2 is 1.96 bits per heavy atom. The van der Waals surface area contributed by atoms with Crippen LogP contribution in [0.5, 0.6) is 0 Å². The van der Waals surface area contributed by atoms with E-state index in [-0.39, 0.29) is 30.6 Å². The van der Waals surface area contributed by atoms with Gasteiger partial charge >= 0.3 is 0 Å². The molecule has 1 saturated carbocycles. The van der Waals surface area contributed by atoms with Crippen LogP contribution in [0.4, 0.5) is 10.1 Å². The third-order valence-corrected chi connectivity index (χ3v) is 6.16. The molecule has 1 aromatic carbocycles. The number of halogens is 1. The quantitative estimate of drug-likeness (QED) is 0.376. The van der Waals surface area contributed by atoms with E-state index >= 15 is 0 Å². The van der Waals surface area contributed by atoms with Gasteiger partial charge in [0.25, 0.3) is 5.69 Å². The van der Waals surface area contributed by atoms with Crippen molar-refractivity contribution in [2.75, 3.05) is 19.6 Å². The predicted octanol–water partition coefficient (Wildman–Crippen LogP) is 2.09. The predicted molar refractivity (Wildman–Crippen MR) is 81.5 cm³/mol. The monoisotopic (exact) mass is 585 g/mol. The number of hydrogen-bond donors (Lipinski definition) is 0. The summed E-state index contributed by atoms with van der Waals surface area (Å²) < 4.78 is 40.8. The molecule has 1 saturated heterocycles. The standard InChI is InChI=1S/C14H17FN3O4S.Cm/c15-12-8-16-7-10(12)9-17(11-5-6-11)23(21,22)14-4-2-1-3-13(14)18(19)20;/h1-4,10-12H,5-9H2;/q-1;/t10-,12-;/m1./s1. The van der Waals surface area contributed by atoms with E-state index in [9.17, 15) is 22.9 Å². The molecule has 1 aromatic rings. The average Bonchev–Trinajstić information content (AvgIpc) is 3.27. The summed E-state index contributed by atoms with van der Waals surface area (Å²) in [6.45, 7) is 0.398. The zero-order chi connectivity index (χ0) is 16.6. The molecule has 0 aromatic heterocycles. The average molecular weight is 589 g/mol. The summed E-state index contributed by atoms with van der Waals surface area (Å²) in [5, 5.41) is 15.1. The molecule has 134 valence electrons. The van der Waals surface area contributed by atoms with Gasteiger partial charge in [-0.1, -0.05) is 12.1 Å². The SMILES string of the molecule is O=[N+]([O-])c1ccccc1S(=O)(=O)N(C[C@H]1C[N-]C[C@H]1F)C1CC1.[Cm]. The van der Waals surface area contributed by atoms with Crippen LogP contribution in [0.3, 0.4) is 0 Å². The summed E-state index contributed by atoms with van der Waals surface area (Å²) in [6.07, 6.45) is 0.235. The molecule has 1 aliphatic carbocycles. The van der Waals surface area contributed by atoms with Crippen LogP contribution in [-0.2, 0) is 10.0 Å². The first-order valence-electron chi connectivity index (χ1n) is 7.44. The number of para-hydroxylation sites is 1. The van der Waals surface area contributed by atoms with Gasteiger partial charge in [0.1, 0.15) is 0 Å². The normalized spacial score (nSPS) is 23.9. The summed E-state index contributed by atoms with van der Waals surface area (Å²) in [7, 11) is -4.04. The van der Waals surface area contributed by atoms with E-state index in [1.807, 2.05) is 0 Å². The summed E-state index contributed by atoms with van der Waals surface area (Å²) in [6, 6.07) is 5.07. The van der Waals surface area contributed by atoms with Gasteiger partial charge in [-0.05, 0) is 24.8 Å². The third kappa shape index (κ3) is 3.19. The fourth-order valence-corrected chi connectivity index (χ4v) is 4.69. The second-order valence-corrected chi connectivity index (χ2v) is 7.75. The van der Waals surface area contributed by atoms with Crippen molar-refractivity contribution < 1.29 is 17.7 Å². The van der Waals surface area contributed by atoms with Crippen LogP contribution in [0.15, 0.2) is 29.2 Å². The van der Waals surface area contributed by atoms with Crippen LogP contribution in [0, 0.1) is 16.0 Å². The number of sulfonamides is 1. The van der Waals surface area contributed by atoms with Crippen molar-refractivity contribution in [1.82, 2.24) is 4.31 Å². The summed E-state index contributed by atoms with van der Waals surface area (Å²) in [5.41, 5.74) is -0.453. The van der Waals surface area contributed by atoms with Gasteiger partial charge in [0.2, 0.25) is 10.0 Å². The Morgan fingerprint density at radius 1 is 1.29 bits per heavy atom. The molecule has 2 atom stereocenters. The number of nitro groups is 1. The van der Waals surface area contributed by atoms with E-state index < -0.39 is 32.7 Å². The van der Waals surface area contributed by atoms with Crippen LogP contribution in [0.25, 0.3) is 5.32 Å². The molecule has 0 bridgehead atoms. The molecule has 2 fully saturated rings. The van der Waals surface area contributed by atoms with Crippen molar-refractivity contribution in [1.29, 1.82) is 0 Å². The maximum atomic E-state index is 13.8. The van der Waals surface area contributed by atoms with Crippen molar-refractivity contribution in [3.05, 3.63) is 39.7 Å². The Labute approximate surface area is 133 Å². The second kappa shape index (κ2) is 6.50. The van der Waals surface area contributed by atoms with Crippen LogP contribution in [0.2, 0.25) is 0 Å². The Hall–Kier alpha value is -2.58. The fourth-order valence-electron chi connectivity index (χ4n) is 2.79. The van der Waals surface area contributed by atoms with Gasteiger partial charge in [0, 0.05) is 18.7 Å². The first-order valence-corrected chi connectivity index (χ1v) is 8.88. The Balaban J connectivity index is 0.00000208. The first kappa shape index (κ1) is 17.8. The van der Waals surface area contributed by atoms with Crippen LogP contribution in [0.1, 0.15) is 12.8 Å².